The van der Waals surface area contributed by atoms with Crippen LogP contribution in [0.5, 0.6) is 0 Å². The van der Waals surface area contributed by atoms with E-state index in [2.05, 4.69) is 18.9 Å². The van der Waals surface area contributed by atoms with Crippen molar-refractivity contribution < 1.29 is 4.79 Å². The van der Waals surface area contributed by atoms with Gasteiger partial charge >= 0.3 is 0 Å². The van der Waals surface area contributed by atoms with Gasteiger partial charge in [-0.15, -0.1) is 17.8 Å². The zero-order valence-electron chi connectivity index (χ0n) is 10.6. The van der Waals surface area contributed by atoms with E-state index in [1.807, 2.05) is 11.8 Å². The molecule has 0 atom stereocenters. The second-order valence-corrected chi connectivity index (χ2v) is 6.53. The fraction of sp³-hybridized carbons (Fsp3) is 0.500. The third-order valence-corrected chi connectivity index (χ3v) is 5.13. The molecule has 1 aromatic heterocycles. The van der Waals surface area contributed by atoms with Crippen LogP contribution in [-0.4, -0.2) is 29.6 Å². The molecule has 0 radical (unpaired) electrons. The number of rotatable bonds is 4. The van der Waals surface area contributed by atoms with Crippen molar-refractivity contribution in [3.63, 3.8) is 0 Å². The summed E-state index contributed by atoms with van der Waals surface area (Å²) < 4.78 is 0. The van der Waals surface area contributed by atoms with E-state index in [9.17, 15) is 4.79 Å². The summed E-state index contributed by atoms with van der Waals surface area (Å²) in [6.07, 6.45) is 7.37. The van der Waals surface area contributed by atoms with Crippen LogP contribution in [0.1, 0.15) is 33.5 Å². The SMILES string of the molecule is C#CCN(CCC)C(=O)c1cc2c(s1)CCSC2. The standard InChI is InChI=1S/C14H17NOS2/c1-3-6-15(7-4-2)14(16)13-9-11-10-17-8-5-12(11)18-13/h1,9H,4-8,10H2,2H3. The Hall–Kier alpha value is -0.920. The van der Waals surface area contributed by atoms with Crippen molar-refractivity contribution in [3.8, 4) is 12.3 Å². The first kappa shape index (κ1) is 13.5. The molecule has 0 saturated carbocycles. The number of nitrogens with zero attached hydrogens (tertiary/aromatic N) is 1. The first-order valence-electron chi connectivity index (χ1n) is 6.18. The van der Waals surface area contributed by atoms with E-state index in [0.717, 1.165) is 30.0 Å². The minimum Gasteiger partial charge on any atom is -0.327 e. The van der Waals surface area contributed by atoms with Gasteiger partial charge in [-0.1, -0.05) is 12.8 Å². The molecule has 0 unspecified atom stereocenters. The molecule has 0 fully saturated rings. The molecule has 0 bridgehead atoms. The largest absolute Gasteiger partial charge is 0.327 e. The quantitative estimate of drug-likeness (QED) is 0.790. The number of fused-ring (bicyclic) bond motifs is 1. The monoisotopic (exact) mass is 279 g/mol. The van der Waals surface area contributed by atoms with Gasteiger partial charge in [-0.25, -0.2) is 0 Å². The average Bonchev–Trinajstić information content (AvgIpc) is 2.81. The topological polar surface area (TPSA) is 20.3 Å². The predicted octanol–water partition coefficient (Wildman–Crippen LogP) is 3.02. The van der Waals surface area contributed by atoms with Gasteiger partial charge in [0.2, 0.25) is 0 Å². The summed E-state index contributed by atoms with van der Waals surface area (Å²) in [5.74, 6) is 4.88. The highest BCUT2D eigenvalue weighted by atomic mass is 32.2. The summed E-state index contributed by atoms with van der Waals surface area (Å²) in [6.45, 7) is 3.21. The summed E-state index contributed by atoms with van der Waals surface area (Å²) in [4.78, 5) is 16.4. The first-order chi connectivity index (χ1) is 8.76. The lowest BCUT2D eigenvalue weighted by atomic mass is 10.2. The summed E-state index contributed by atoms with van der Waals surface area (Å²) in [5, 5.41) is 0. The number of amides is 1. The maximum atomic E-state index is 12.4. The van der Waals surface area contributed by atoms with Crippen LogP contribution >= 0.6 is 23.1 Å². The second kappa shape index (κ2) is 6.31. The number of carbonyl (C=O) groups is 1. The van der Waals surface area contributed by atoms with E-state index in [1.54, 1.807) is 16.2 Å². The Labute approximate surface area is 117 Å². The van der Waals surface area contributed by atoms with Crippen molar-refractivity contribution >= 4 is 29.0 Å². The van der Waals surface area contributed by atoms with Crippen molar-refractivity contribution in [2.45, 2.75) is 25.5 Å². The number of thiophene rings is 1. The zero-order chi connectivity index (χ0) is 13.0. The third kappa shape index (κ3) is 2.90. The van der Waals surface area contributed by atoms with E-state index < -0.39 is 0 Å². The van der Waals surface area contributed by atoms with Crippen molar-refractivity contribution in [1.82, 2.24) is 4.90 Å². The van der Waals surface area contributed by atoms with E-state index in [-0.39, 0.29) is 5.91 Å². The van der Waals surface area contributed by atoms with Gasteiger partial charge in [0.25, 0.3) is 5.91 Å². The highest BCUT2D eigenvalue weighted by Crippen LogP contribution is 2.32. The molecule has 0 aromatic carbocycles. The maximum Gasteiger partial charge on any atom is 0.264 e. The minimum atomic E-state index is 0.0965. The fourth-order valence-corrected chi connectivity index (χ4v) is 4.38. The van der Waals surface area contributed by atoms with E-state index in [4.69, 9.17) is 6.42 Å². The zero-order valence-corrected chi connectivity index (χ0v) is 12.2. The van der Waals surface area contributed by atoms with E-state index in [1.165, 1.54) is 16.2 Å². The van der Waals surface area contributed by atoms with Crippen LogP contribution in [0.25, 0.3) is 0 Å². The Kier molecular flexibility index (Phi) is 4.73. The molecule has 1 aromatic rings. The van der Waals surface area contributed by atoms with E-state index in [0.29, 0.717) is 6.54 Å². The number of thioether (sulfide) groups is 1. The second-order valence-electron chi connectivity index (χ2n) is 4.29. The lowest BCUT2D eigenvalue weighted by Crippen LogP contribution is -2.31. The van der Waals surface area contributed by atoms with Crippen molar-refractivity contribution in [2.75, 3.05) is 18.8 Å². The van der Waals surface area contributed by atoms with Crippen molar-refractivity contribution in [1.29, 1.82) is 0 Å². The van der Waals surface area contributed by atoms with Gasteiger partial charge in [0, 0.05) is 17.2 Å². The normalized spacial score (nSPS) is 13.8. The van der Waals surface area contributed by atoms with Crippen LogP contribution < -0.4 is 0 Å². The molecule has 0 saturated heterocycles. The molecular formula is C14H17NOS2. The van der Waals surface area contributed by atoms with Crippen molar-refractivity contribution in [3.05, 3.63) is 21.4 Å². The lowest BCUT2D eigenvalue weighted by molar-refractivity contribution is 0.0781. The number of terminal acetylenes is 1. The molecule has 0 aliphatic carbocycles. The number of hydrogen-bond donors (Lipinski definition) is 0. The molecule has 1 aliphatic rings. The van der Waals surface area contributed by atoms with Gasteiger partial charge in [-0.3, -0.25) is 4.79 Å². The fourth-order valence-electron chi connectivity index (χ4n) is 2.04. The molecule has 2 nitrogen and oxygen atoms in total. The molecule has 96 valence electrons. The average molecular weight is 279 g/mol. The maximum absolute atomic E-state index is 12.4. The number of aryl methyl sites for hydroxylation is 1. The van der Waals surface area contributed by atoms with Crippen LogP contribution in [0.15, 0.2) is 6.07 Å². The van der Waals surface area contributed by atoms with Crippen LogP contribution in [0, 0.1) is 12.3 Å². The molecule has 0 spiro atoms. The van der Waals surface area contributed by atoms with Crippen LogP contribution in [0.3, 0.4) is 0 Å². The molecule has 0 N–H and O–H groups in total. The molecule has 18 heavy (non-hydrogen) atoms. The summed E-state index contributed by atoms with van der Waals surface area (Å²) in [7, 11) is 0. The van der Waals surface area contributed by atoms with Crippen LogP contribution in [-0.2, 0) is 12.2 Å². The van der Waals surface area contributed by atoms with Gasteiger partial charge in [0.15, 0.2) is 0 Å². The Morgan fingerprint density at radius 1 is 1.61 bits per heavy atom. The minimum absolute atomic E-state index is 0.0965. The third-order valence-electron chi connectivity index (χ3n) is 2.90. The summed E-state index contributed by atoms with van der Waals surface area (Å²) in [5.41, 5.74) is 1.34. The Balaban J connectivity index is 2.16. The Morgan fingerprint density at radius 2 is 2.44 bits per heavy atom. The first-order valence-corrected chi connectivity index (χ1v) is 8.15. The Morgan fingerprint density at radius 3 is 3.11 bits per heavy atom. The number of hydrogen-bond acceptors (Lipinski definition) is 3. The van der Waals surface area contributed by atoms with Gasteiger partial charge in [0.1, 0.15) is 0 Å². The van der Waals surface area contributed by atoms with Gasteiger partial charge in [-0.2, -0.15) is 11.8 Å². The highest BCUT2D eigenvalue weighted by Gasteiger charge is 2.20. The van der Waals surface area contributed by atoms with Gasteiger partial charge in [-0.05, 0) is 30.2 Å². The molecule has 1 amide bonds. The highest BCUT2D eigenvalue weighted by molar-refractivity contribution is 7.98. The summed E-state index contributed by atoms with van der Waals surface area (Å²) in [6, 6.07) is 2.06. The molecule has 2 heterocycles. The smallest absolute Gasteiger partial charge is 0.264 e. The van der Waals surface area contributed by atoms with E-state index >= 15 is 0 Å². The predicted molar refractivity (Wildman–Crippen MR) is 79.2 cm³/mol. The van der Waals surface area contributed by atoms with Crippen LogP contribution in [0.4, 0.5) is 0 Å². The summed E-state index contributed by atoms with van der Waals surface area (Å²) >= 11 is 3.59. The molecule has 1 aliphatic heterocycles. The molecular weight excluding hydrogens is 262 g/mol. The van der Waals surface area contributed by atoms with Crippen molar-refractivity contribution in [2.24, 2.45) is 0 Å². The molecule has 2 rings (SSSR count). The van der Waals surface area contributed by atoms with Gasteiger partial charge < -0.3 is 4.90 Å². The van der Waals surface area contributed by atoms with Gasteiger partial charge in [0.05, 0.1) is 11.4 Å². The Bertz CT molecular complexity index is 449. The molecule has 4 heteroatoms. The van der Waals surface area contributed by atoms with Crippen LogP contribution in [0.2, 0.25) is 0 Å². The lowest BCUT2D eigenvalue weighted by Gasteiger charge is -2.18. The number of carbonyl (C=O) groups excluding carboxylic acids is 1.